The van der Waals surface area contributed by atoms with Crippen molar-refractivity contribution in [1.29, 1.82) is 0 Å². The topological polar surface area (TPSA) is 68.6 Å². The number of ether oxygens (including phenoxy) is 1. The van der Waals surface area contributed by atoms with Gasteiger partial charge >= 0.3 is 0 Å². The summed E-state index contributed by atoms with van der Waals surface area (Å²) in [5.41, 5.74) is 1.34. The van der Waals surface area contributed by atoms with Crippen molar-refractivity contribution < 1.29 is 13.2 Å². The molecule has 0 bridgehead atoms. The Morgan fingerprint density at radius 1 is 1.23 bits per heavy atom. The summed E-state index contributed by atoms with van der Waals surface area (Å²) in [6.45, 7) is 2.51. The average Bonchev–Trinajstić information content (AvgIpc) is 3.04. The number of sulfonamides is 1. The molecule has 2 aromatic rings. The second kappa shape index (κ2) is 7.42. The normalized spacial score (nSPS) is 18.2. The highest BCUT2D eigenvalue weighted by atomic mass is 35.5. The lowest BCUT2D eigenvalue weighted by Gasteiger charge is -2.18. The van der Waals surface area contributed by atoms with Gasteiger partial charge in [-0.1, -0.05) is 23.7 Å². The van der Waals surface area contributed by atoms with Gasteiger partial charge in [0.1, 0.15) is 11.9 Å². The van der Waals surface area contributed by atoms with Crippen LogP contribution in [0.3, 0.4) is 0 Å². The van der Waals surface area contributed by atoms with Gasteiger partial charge in [-0.2, -0.15) is 4.31 Å². The van der Waals surface area contributed by atoms with E-state index in [0.29, 0.717) is 29.3 Å². The first-order chi connectivity index (χ1) is 12.2. The monoisotopic (exact) mass is 396 g/mol. The Labute approximate surface area is 158 Å². The van der Waals surface area contributed by atoms with E-state index in [0.717, 1.165) is 5.69 Å². The maximum Gasteiger partial charge on any atom is 0.254 e. The highest BCUT2D eigenvalue weighted by molar-refractivity contribution is 7.88. The van der Waals surface area contributed by atoms with Crippen LogP contribution in [0.4, 0.5) is 0 Å². The highest BCUT2D eigenvalue weighted by Crippen LogP contribution is 2.22. The Balaban J connectivity index is 1.66. The molecule has 1 saturated heterocycles. The lowest BCUT2D eigenvalue weighted by molar-refractivity contribution is 0.214. The maximum atomic E-state index is 12.6. The fourth-order valence-corrected chi connectivity index (χ4v) is 4.63. The fourth-order valence-electron chi connectivity index (χ4n) is 2.93. The maximum absolute atomic E-state index is 12.6. The molecule has 1 aromatic carbocycles. The minimum Gasteiger partial charge on any atom is -0.489 e. The molecule has 26 heavy (non-hydrogen) atoms. The number of aryl methyl sites for hydroxylation is 1. The molecule has 0 saturated carbocycles. The predicted octanol–water partition coefficient (Wildman–Crippen LogP) is 2.33. The minimum atomic E-state index is -3.43. The third kappa shape index (κ3) is 4.28. The second-order valence-corrected chi connectivity index (χ2v) is 8.90. The first kappa shape index (κ1) is 18.9. The summed E-state index contributed by atoms with van der Waals surface area (Å²) in [5, 5.41) is 0.574. The molecule has 1 aliphatic rings. The van der Waals surface area contributed by atoms with E-state index in [-0.39, 0.29) is 24.0 Å². The fraction of sp³-hybridized carbons (Fsp3) is 0.389. The Morgan fingerprint density at radius 3 is 2.58 bits per heavy atom. The first-order valence-electron chi connectivity index (χ1n) is 8.31. The number of nitrogens with zero attached hydrogens (tertiary/aromatic N) is 2. The zero-order valence-corrected chi connectivity index (χ0v) is 16.3. The molecule has 1 aromatic heterocycles. The quantitative estimate of drug-likeness (QED) is 0.777. The molecule has 8 heteroatoms. The molecule has 2 heterocycles. The van der Waals surface area contributed by atoms with Crippen LogP contribution in [0.5, 0.6) is 5.75 Å². The Morgan fingerprint density at radius 2 is 1.92 bits per heavy atom. The lowest BCUT2D eigenvalue weighted by atomic mass is 10.2. The smallest absolute Gasteiger partial charge is 0.254 e. The summed E-state index contributed by atoms with van der Waals surface area (Å²) in [4.78, 5) is 11.9. The van der Waals surface area contributed by atoms with Gasteiger partial charge in [0.25, 0.3) is 5.56 Å². The summed E-state index contributed by atoms with van der Waals surface area (Å²) >= 11 is 5.84. The molecule has 1 atom stereocenters. The van der Waals surface area contributed by atoms with E-state index >= 15 is 0 Å². The number of rotatable bonds is 5. The molecule has 1 unspecified atom stereocenters. The van der Waals surface area contributed by atoms with Crippen molar-refractivity contribution >= 4 is 21.6 Å². The third-order valence-corrected chi connectivity index (χ3v) is 6.61. The first-order valence-corrected chi connectivity index (χ1v) is 10.3. The van der Waals surface area contributed by atoms with E-state index in [1.807, 2.05) is 6.92 Å². The molecule has 0 amide bonds. The largest absolute Gasteiger partial charge is 0.489 e. The zero-order chi connectivity index (χ0) is 18.9. The summed E-state index contributed by atoms with van der Waals surface area (Å²) in [7, 11) is -1.73. The van der Waals surface area contributed by atoms with Crippen LogP contribution in [-0.4, -0.2) is 36.5 Å². The lowest BCUT2D eigenvalue weighted by Crippen LogP contribution is -2.32. The van der Waals surface area contributed by atoms with Crippen LogP contribution in [0.1, 0.15) is 17.7 Å². The summed E-state index contributed by atoms with van der Waals surface area (Å²) < 4.78 is 34.1. The number of hydrogen-bond acceptors (Lipinski definition) is 4. The van der Waals surface area contributed by atoms with Gasteiger partial charge in [0.05, 0.1) is 12.3 Å². The van der Waals surface area contributed by atoms with Crippen molar-refractivity contribution in [3.05, 3.63) is 63.0 Å². The van der Waals surface area contributed by atoms with Crippen molar-refractivity contribution in [1.82, 2.24) is 8.87 Å². The molecule has 1 fully saturated rings. The molecular weight excluding hydrogens is 376 g/mol. The minimum absolute atomic E-state index is 0.0676. The van der Waals surface area contributed by atoms with Gasteiger partial charge in [-0.05, 0) is 37.1 Å². The highest BCUT2D eigenvalue weighted by Gasteiger charge is 2.32. The van der Waals surface area contributed by atoms with Gasteiger partial charge in [-0.3, -0.25) is 4.79 Å². The third-order valence-electron chi connectivity index (χ3n) is 4.54. The van der Waals surface area contributed by atoms with E-state index in [9.17, 15) is 13.2 Å². The van der Waals surface area contributed by atoms with E-state index < -0.39 is 10.0 Å². The molecule has 0 radical (unpaired) electrons. The van der Waals surface area contributed by atoms with E-state index in [1.54, 1.807) is 37.4 Å². The molecule has 0 N–H and O–H groups in total. The van der Waals surface area contributed by atoms with Crippen molar-refractivity contribution in [3.8, 4) is 5.75 Å². The Hall–Kier alpha value is -1.83. The number of hydrogen-bond donors (Lipinski definition) is 0. The van der Waals surface area contributed by atoms with Crippen LogP contribution in [0, 0.1) is 6.92 Å². The second-order valence-electron chi connectivity index (χ2n) is 6.50. The van der Waals surface area contributed by atoms with Crippen LogP contribution in [-0.2, 0) is 22.8 Å². The van der Waals surface area contributed by atoms with E-state index in [2.05, 4.69) is 0 Å². The van der Waals surface area contributed by atoms with E-state index in [4.69, 9.17) is 16.3 Å². The van der Waals surface area contributed by atoms with Crippen LogP contribution < -0.4 is 10.3 Å². The summed E-state index contributed by atoms with van der Waals surface area (Å²) in [6, 6.07) is 10.0. The predicted molar refractivity (Wildman–Crippen MR) is 101 cm³/mol. The summed E-state index contributed by atoms with van der Waals surface area (Å²) in [6.07, 6.45) is 0.329. The van der Waals surface area contributed by atoms with Crippen LogP contribution >= 0.6 is 11.6 Å². The van der Waals surface area contributed by atoms with Gasteiger partial charge < -0.3 is 9.30 Å². The van der Waals surface area contributed by atoms with Gasteiger partial charge in [0, 0.05) is 30.4 Å². The Kier molecular flexibility index (Phi) is 5.41. The van der Waals surface area contributed by atoms with Gasteiger partial charge in [-0.15, -0.1) is 0 Å². The molecule has 6 nitrogen and oxygen atoms in total. The van der Waals surface area contributed by atoms with Crippen LogP contribution in [0.25, 0.3) is 0 Å². The number of benzene rings is 1. The van der Waals surface area contributed by atoms with Gasteiger partial charge in [0.15, 0.2) is 0 Å². The number of halogens is 1. The summed E-state index contributed by atoms with van der Waals surface area (Å²) in [5.74, 6) is 0.412. The molecule has 3 rings (SSSR count). The molecule has 1 aliphatic heterocycles. The van der Waals surface area contributed by atoms with Crippen molar-refractivity contribution in [2.45, 2.75) is 25.2 Å². The number of aromatic nitrogens is 1. The molecule has 140 valence electrons. The SMILES string of the molecule is Cc1cc(OC2CCN(S(=O)(=O)Cc3ccc(Cl)cc3)C2)cc(=O)n1C. The zero-order valence-electron chi connectivity index (χ0n) is 14.7. The standard InChI is InChI=1S/C18H21ClN2O4S/c1-13-9-17(10-18(22)20(13)2)25-16-7-8-21(11-16)26(23,24)12-14-3-5-15(19)6-4-14/h3-6,9-10,16H,7-8,11-12H2,1-2H3. The number of pyridine rings is 1. The van der Waals surface area contributed by atoms with Crippen LogP contribution in [0.15, 0.2) is 41.2 Å². The van der Waals surface area contributed by atoms with Crippen molar-refractivity contribution in [2.24, 2.45) is 7.05 Å². The molecular formula is C18H21ClN2O4S. The average molecular weight is 397 g/mol. The molecule has 0 spiro atoms. The Bertz CT molecular complexity index is 954. The van der Waals surface area contributed by atoms with Crippen molar-refractivity contribution in [3.63, 3.8) is 0 Å². The van der Waals surface area contributed by atoms with Crippen molar-refractivity contribution in [2.75, 3.05) is 13.1 Å². The molecule has 0 aliphatic carbocycles. The van der Waals surface area contributed by atoms with Gasteiger partial charge in [-0.25, -0.2) is 8.42 Å². The van der Waals surface area contributed by atoms with Gasteiger partial charge in [0.2, 0.25) is 10.0 Å². The van der Waals surface area contributed by atoms with E-state index in [1.165, 1.54) is 14.9 Å². The van der Waals surface area contributed by atoms with Crippen LogP contribution in [0.2, 0.25) is 5.02 Å².